The van der Waals surface area contributed by atoms with E-state index in [2.05, 4.69) is 10.3 Å². The van der Waals surface area contributed by atoms with E-state index in [-0.39, 0.29) is 17.9 Å². The molecule has 17 heavy (non-hydrogen) atoms. The Balaban J connectivity index is 1.98. The van der Waals surface area contributed by atoms with Gasteiger partial charge in [-0.25, -0.2) is 4.98 Å². The lowest BCUT2D eigenvalue weighted by atomic mass is 9.95. The molecule has 0 aliphatic heterocycles. The molecule has 0 aromatic carbocycles. The molecule has 94 valence electrons. The minimum Gasteiger partial charge on any atom is -0.327 e. The highest BCUT2D eigenvalue weighted by molar-refractivity contribution is 7.13. The molecule has 1 heterocycles. The topological polar surface area (TPSA) is 68.0 Å². The van der Waals surface area contributed by atoms with Gasteiger partial charge >= 0.3 is 0 Å². The largest absolute Gasteiger partial charge is 0.327 e. The van der Waals surface area contributed by atoms with Crippen molar-refractivity contribution in [1.29, 1.82) is 0 Å². The van der Waals surface area contributed by atoms with Crippen LogP contribution in [0.4, 0.5) is 5.13 Å². The summed E-state index contributed by atoms with van der Waals surface area (Å²) in [5, 5.41) is 5.50. The van der Waals surface area contributed by atoms with Crippen LogP contribution < -0.4 is 11.1 Å². The maximum Gasteiger partial charge on any atom is 0.230 e. The molecule has 0 spiro atoms. The number of carbonyl (C=O) groups excluding carboxylic acids is 1. The number of nitrogens with one attached hydrogen (secondary N) is 1. The summed E-state index contributed by atoms with van der Waals surface area (Å²) in [5.41, 5.74) is 7.00. The van der Waals surface area contributed by atoms with Crippen LogP contribution in [0.3, 0.4) is 0 Å². The average Bonchev–Trinajstić information content (AvgIpc) is 2.57. The van der Waals surface area contributed by atoms with Gasteiger partial charge in [-0.05, 0) is 19.8 Å². The molecule has 0 saturated heterocycles. The number of hydrogen-bond acceptors (Lipinski definition) is 4. The van der Waals surface area contributed by atoms with Gasteiger partial charge in [0.05, 0.1) is 11.6 Å². The lowest BCUT2D eigenvalue weighted by molar-refractivity contribution is -0.120. The third-order valence-electron chi connectivity index (χ3n) is 3.26. The first kappa shape index (κ1) is 12.5. The Hall–Kier alpha value is -0.940. The first-order valence-corrected chi connectivity index (χ1v) is 7.03. The van der Waals surface area contributed by atoms with E-state index in [1.807, 2.05) is 12.3 Å². The number of anilines is 1. The van der Waals surface area contributed by atoms with Crippen LogP contribution in [0, 0.1) is 12.8 Å². The van der Waals surface area contributed by atoms with E-state index in [0.29, 0.717) is 5.13 Å². The molecule has 1 aliphatic carbocycles. The Labute approximate surface area is 106 Å². The van der Waals surface area contributed by atoms with Crippen molar-refractivity contribution in [2.24, 2.45) is 11.7 Å². The Morgan fingerprint density at radius 1 is 1.47 bits per heavy atom. The van der Waals surface area contributed by atoms with Crippen LogP contribution >= 0.6 is 11.3 Å². The van der Waals surface area contributed by atoms with Crippen LogP contribution in [-0.4, -0.2) is 16.9 Å². The molecular formula is C12H19N3OS. The Morgan fingerprint density at radius 3 is 2.94 bits per heavy atom. The van der Waals surface area contributed by atoms with Crippen LogP contribution in [0.15, 0.2) is 5.38 Å². The summed E-state index contributed by atoms with van der Waals surface area (Å²) in [5.74, 6) is -0.0181. The summed E-state index contributed by atoms with van der Waals surface area (Å²) in [6.45, 7) is 1.92. The fourth-order valence-corrected chi connectivity index (χ4v) is 2.96. The average molecular weight is 253 g/mol. The van der Waals surface area contributed by atoms with Crippen molar-refractivity contribution in [3.05, 3.63) is 11.1 Å². The molecule has 1 amide bonds. The summed E-state index contributed by atoms with van der Waals surface area (Å²) in [7, 11) is 0. The van der Waals surface area contributed by atoms with E-state index >= 15 is 0 Å². The van der Waals surface area contributed by atoms with Crippen molar-refractivity contribution >= 4 is 22.4 Å². The van der Waals surface area contributed by atoms with Crippen LogP contribution in [0.2, 0.25) is 0 Å². The van der Waals surface area contributed by atoms with Crippen LogP contribution in [0.25, 0.3) is 0 Å². The first-order chi connectivity index (χ1) is 8.16. The highest BCUT2D eigenvalue weighted by Crippen LogP contribution is 2.24. The number of carbonyl (C=O) groups is 1. The van der Waals surface area contributed by atoms with Gasteiger partial charge in [0.15, 0.2) is 5.13 Å². The smallest absolute Gasteiger partial charge is 0.230 e. The Bertz CT molecular complexity index is 391. The minimum atomic E-state index is -0.0540. The minimum absolute atomic E-state index is 0.00133. The van der Waals surface area contributed by atoms with Crippen molar-refractivity contribution in [2.45, 2.75) is 45.1 Å². The summed E-state index contributed by atoms with van der Waals surface area (Å²) in [4.78, 5) is 16.4. The zero-order chi connectivity index (χ0) is 12.3. The molecule has 2 unspecified atom stereocenters. The molecule has 0 bridgehead atoms. The van der Waals surface area contributed by atoms with Gasteiger partial charge in [-0.1, -0.05) is 19.3 Å². The van der Waals surface area contributed by atoms with E-state index in [1.54, 1.807) is 0 Å². The van der Waals surface area contributed by atoms with Gasteiger partial charge in [0.2, 0.25) is 5.91 Å². The van der Waals surface area contributed by atoms with E-state index in [9.17, 15) is 4.79 Å². The zero-order valence-electron chi connectivity index (χ0n) is 10.1. The van der Waals surface area contributed by atoms with Crippen molar-refractivity contribution in [3.8, 4) is 0 Å². The molecule has 3 N–H and O–H groups in total. The highest BCUT2D eigenvalue weighted by Gasteiger charge is 2.27. The van der Waals surface area contributed by atoms with E-state index in [4.69, 9.17) is 5.73 Å². The summed E-state index contributed by atoms with van der Waals surface area (Å²) in [6.07, 6.45) is 5.28. The predicted molar refractivity (Wildman–Crippen MR) is 70.0 cm³/mol. The molecular weight excluding hydrogens is 234 g/mol. The van der Waals surface area contributed by atoms with Gasteiger partial charge < -0.3 is 11.1 Å². The SMILES string of the molecule is Cc1csc(NC(=O)C2CCCCCC2N)n1. The quantitative estimate of drug-likeness (QED) is 0.795. The third kappa shape index (κ3) is 3.26. The number of thiazole rings is 1. The van der Waals surface area contributed by atoms with Crippen molar-refractivity contribution in [3.63, 3.8) is 0 Å². The highest BCUT2D eigenvalue weighted by atomic mass is 32.1. The first-order valence-electron chi connectivity index (χ1n) is 6.15. The number of aryl methyl sites for hydroxylation is 1. The van der Waals surface area contributed by atoms with E-state index in [0.717, 1.165) is 31.4 Å². The molecule has 0 radical (unpaired) electrons. The van der Waals surface area contributed by atoms with Crippen LogP contribution in [-0.2, 0) is 4.79 Å². The predicted octanol–water partition coefficient (Wildman–Crippen LogP) is 2.30. The normalized spacial score (nSPS) is 25.3. The maximum absolute atomic E-state index is 12.1. The molecule has 1 fully saturated rings. The van der Waals surface area contributed by atoms with E-state index < -0.39 is 0 Å². The van der Waals surface area contributed by atoms with Crippen LogP contribution in [0.5, 0.6) is 0 Å². The monoisotopic (exact) mass is 253 g/mol. The lowest BCUT2D eigenvalue weighted by Gasteiger charge is -2.19. The number of amides is 1. The van der Waals surface area contributed by atoms with E-state index in [1.165, 1.54) is 17.8 Å². The Morgan fingerprint density at radius 2 is 2.24 bits per heavy atom. The molecule has 1 aromatic rings. The number of nitrogens with two attached hydrogens (primary N) is 1. The number of hydrogen-bond donors (Lipinski definition) is 2. The second-order valence-electron chi connectivity index (χ2n) is 4.69. The van der Waals surface area contributed by atoms with Crippen molar-refractivity contribution < 1.29 is 4.79 Å². The maximum atomic E-state index is 12.1. The Kier molecular flexibility index (Phi) is 4.12. The molecule has 4 nitrogen and oxygen atoms in total. The number of rotatable bonds is 2. The van der Waals surface area contributed by atoms with Gasteiger partial charge in [0.25, 0.3) is 0 Å². The van der Waals surface area contributed by atoms with Gasteiger partial charge in [0.1, 0.15) is 0 Å². The summed E-state index contributed by atoms with van der Waals surface area (Å²) < 4.78 is 0. The molecule has 1 saturated carbocycles. The third-order valence-corrected chi connectivity index (χ3v) is 4.13. The lowest BCUT2D eigenvalue weighted by Crippen LogP contribution is -2.37. The molecule has 2 atom stereocenters. The molecule has 2 rings (SSSR count). The van der Waals surface area contributed by atoms with Gasteiger partial charge in [-0.2, -0.15) is 0 Å². The standard InChI is InChI=1S/C12H19N3OS/c1-8-7-17-12(14-8)15-11(16)9-5-3-2-4-6-10(9)13/h7,9-10H,2-6,13H2,1H3,(H,14,15,16). The molecule has 1 aromatic heterocycles. The van der Waals surface area contributed by atoms with Crippen LogP contribution in [0.1, 0.15) is 37.8 Å². The number of aromatic nitrogens is 1. The second-order valence-corrected chi connectivity index (χ2v) is 5.55. The fourth-order valence-electron chi connectivity index (χ4n) is 2.27. The van der Waals surface area contributed by atoms with Gasteiger partial charge in [-0.3, -0.25) is 4.79 Å². The van der Waals surface area contributed by atoms with Gasteiger partial charge in [0, 0.05) is 11.4 Å². The number of nitrogens with zero attached hydrogens (tertiary/aromatic N) is 1. The fraction of sp³-hybridized carbons (Fsp3) is 0.667. The van der Waals surface area contributed by atoms with Gasteiger partial charge in [-0.15, -0.1) is 11.3 Å². The van der Waals surface area contributed by atoms with Crippen molar-refractivity contribution in [1.82, 2.24) is 4.98 Å². The molecule has 1 aliphatic rings. The second kappa shape index (κ2) is 5.60. The summed E-state index contributed by atoms with van der Waals surface area (Å²) in [6, 6.07) is -0.00133. The molecule has 5 heteroatoms. The summed E-state index contributed by atoms with van der Waals surface area (Å²) >= 11 is 1.46. The van der Waals surface area contributed by atoms with Crippen molar-refractivity contribution in [2.75, 3.05) is 5.32 Å². The zero-order valence-corrected chi connectivity index (χ0v) is 10.9.